The molecule has 5 atom stereocenters. The Morgan fingerprint density at radius 1 is 1.67 bits per heavy atom. The van der Waals surface area contributed by atoms with Gasteiger partial charge in [0, 0.05) is 10.3 Å². The van der Waals surface area contributed by atoms with Gasteiger partial charge in [0.1, 0.15) is 5.60 Å². The number of alkyl halides is 1. The van der Waals surface area contributed by atoms with Gasteiger partial charge in [0.05, 0.1) is 18.1 Å². The van der Waals surface area contributed by atoms with Gasteiger partial charge in [-0.1, -0.05) is 34.7 Å². The molecule has 1 saturated heterocycles. The van der Waals surface area contributed by atoms with Gasteiger partial charge in [0.2, 0.25) is 5.91 Å². The van der Waals surface area contributed by atoms with E-state index in [0.29, 0.717) is 12.9 Å². The molecule has 5 nitrogen and oxygen atoms in total. The van der Waals surface area contributed by atoms with Crippen molar-refractivity contribution in [2.75, 3.05) is 4.43 Å². The number of amides is 1. The van der Waals surface area contributed by atoms with E-state index < -0.39 is 23.7 Å². The van der Waals surface area contributed by atoms with Gasteiger partial charge in [-0.15, -0.1) is 0 Å². The molecule has 2 N–H and O–H groups in total. The van der Waals surface area contributed by atoms with E-state index in [1.54, 1.807) is 6.92 Å². The highest BCUT2D eigenvalue weighted by Crippen LogP contribution is 2.38. The van der Waals surface area contributed by atoms with Crippen LogP contribution >= 0.6 is 22.6 Å². The minimum atomic E-state index is -0.991. The zero-order valence-electron chi connectivity index (χ0n) is 12.1. The van der Waals surface area contributed by atoms with Crippen LogP contribution in [0, 0.1) is 11.8 Å². The summed E-state index contributed by atoms with van der Waals surface area (Å²) in [5.74, 6) is -0.552. The maximum Gasteiger partial charge on any atom is 0.293 e. The number of rotatable bonds is 6. The van der Waals surface area contributed by atoms with E-state index in [0.717, 1.165) is 23.7 Å². The Morgan fingerprint density at radius 2 is 2.43 bits per heavy atom. The molecule has 1 amide bonds. The molecule has 0 saturated carbocycles. The highest BCUT2D eigenvalue weighted by molar-refractivity contribution is 14.1. The summed E-state index contributed by atoms with van der Waals surface area (Å²) in [7, 11) is 0. The summed E-state index contributed by atoms with van der Waals surface area (Å²) in [5.41, 5.74) is -0.991. The molecule has 0 aromatic carbocycles. The van der Waals surface area contributed by atoms with Crippen LogP contribution in [0.1, 0.15) is 32.6 Å². The summed E-state index contributed by atoms with van der Waals surface area (Å²) in [4.78, 5) is 23.1. The van der Waals surface area contributed by atoms with Crippen molar-refractivity contribution in [3.05, 3.63) is 12.2 Å². The van der Waals surface area contributed by atoms with Crippen LogP contribution in [0.2, 0.25) is 0 Å². The second kappa shape index (κ2) is 7.09. The largest absolute Gasteiger partial charge is 0.458 e. The topological polar surface area (TPSA) is 75.6 Å². The average molecular weight is 407 g/mol. The number of ether oxygens (including phenoxy) is 1. The molecule has 0 aromatic rings. The van der Waals surface area contributed by atoms with E-state index in [4.69, 9.17) is 4.74 Å². The van der Waals surface area contributed by atoms with Crippen LogP contribution < -0.4 is 5.32 Å². The normalized spacial score (nSPS) is 37.1. The molecule has 21 heavy (non-hydrogen) atoms. The molecule has 0 bridgehead atoms. The highest BCUT2D eigenvalue weighted by Gasteiger charge is 2.56. The number of aliphatic hydroxyl groups is 1. The number of carbonyl (C=O) groups excluding carboxylic acids is 2. The number of hydrogen-bond donors (Lipinski definition) is 2. The van der Waals surface area contributed by atoms with Gasteiger partial charge in [-0.05, 0) is 32.6 Å². The van der Waals surface area contributed by atoms with Crippen molar-refractivity contribution < 1.29 is 19.4 Å². The molecule has 1 aliphatic heterocycles. The van der Waals surface area contributed by atoms with Crippen molar-refractivity contribution >= 4 is 35.0 Å². The molecule has 1 fully saturated rings. The van der Waals surface area contributed by atoms with Crippen LogP contribution in [0.4, 0.5) is 0 Å². The molecule has 1 heterocycles. The first-order chi connectivity index (χ1) is 10.0. The number of hydrogen-bond acceptors (Lipinski definition) is 4. The van der Waals surface area contributed by atoms with Gasteiger partial charge in [-0.25, -0.2) is 0 Å². The van der Waals surface area contributed by atoms with Crippen molar-refractivity contribution in [1.82, 2.24) is 5.32 Å². The summed E-state index contributed by atoms with van der Waals surface area (Å²) in [5, 5.41) is 13.5. The fourth-order valence-corrected chi connectivity index (χ4v) is 4.08. The molecule has 1 aliphatic carbocycles. The lowest BCUT2D eigenvalue weighted by molar-refractivity contribution is -0.152. The molecular formula is C15H22INO4. The maximum atomic E-state index is 12.2. The lowest BCUT2D eigenvalue weighted by Gasteiger charge is -2.37. The van der Waals surface area contributed by atoms with Gasteiger partial charge in [0.15, 0.2) is 0 Å². The first-order valence-corrected chi connectivity index (χ1v) is 8.89. The molecule has 118 valence electrons. The first kappa shape index (κ1) is 16.7. The summed E-state index contributed by atoms with van der Waals surface area (Å²) in [6, 6.07) is -0.559. The van der Waals surface area contributed by atoms with Crippen molar-refractivity contribution in [3.63, 3.8) is 0 Å². The van der Waals surface area contributed by atoms with Gasteiger partial charge in [-0.2, -0.15) is 0 Å². The van der Waals surface area contributed by atoms with Gasteiger partial charge in [-0.3, -0.25) is 9.59 Å². The monoisotopic (exact) mass is 407 g/mol. The van der Waals surface area contributed by atoms with Gasteiger partial charge >= 0.3 is 0 Å². The minimum Gasteiger partial charge on any atom is -0.458 e. The molecule has 6 heteroatoms. The standard InChI is InChI=1S/C15H22INO4/c1-15(21-9-18)11(7-8-16)14(20)17-13(15)12(19)10-5-3-2-4-6-10/h3,5,9-13,19H,2,4,6-8H2,1H3,(H,17,20)/t10-,11+,12+,13-,15+/m1/s1. The van der Waals surface area contributed by atoms with Crippen LogP contribution in [-0.4, -0.2) is 39.7 Å². The van der Waals surface area contributed by atoms with Crippen molar-refractivity contribution in [1.29, 1.82) is 0 Å². The fraction of sp³-hybridized carbons (Fsp3) is 0.733. The summed E-state index contributed by atoms with van der Waals surface area (Å²) >= 11 is 2.20. The summed E-state index contributed by atoms with van der Waals surface area (Å²) in [6.07, 6.45) is 6.90. The van der Waals surface area contributed by atoms with E-state index >= 15 is 0 Å². The maximum absolute atomic E-state index is 12.2. The third kappa shape index (κ3) is 3.26. The fourth-order valence-electron chi connectivity index (χ4n) is 3.45. The average Bonchev–Trinajstić information content (AvgIpc) is 2.73. The first-order valence-electron chi connectivity index (χ1n) is 7.37. The van der Waals surface area contributed by atoms with E-state index in [2.05, 4.69) is 34.0 Å². The predicted molar refractivity (Wildman–Crippen MR) is 87.0 cm³/mol. The number of carbonyl (C=O) groups is 2. The number of halogens is 1. The summed E-state index contributed by atoms with van der Waals surface area (Å²) in [6.45, 7) is 2.13. The molecule has 2 aliphatic rings. The Kier molecular flexibility index (Phi) is 5.65. The second-order valence-electron chi connectivity index (χ2n) is 5.93. The van der Waals surface area contributed by atoms with Crippen LogP contribution in [-0.2, 0) is 14.3 Å². The predicted octanol–water partition coefficient (Wildman–Crippen LogP) is 1.57. The van der Waals surface area contributed by atoms with Crippen LogP contribution in [0.3, 0.4) is 0 Å². The zero-order valence-corrected chi connectivity index (χ0v) is 14.3. The Balaban J connectivity index is 2.23. The quantitative estimate of drug-likeness (QED) is 0.304. The van der Waals surface area contributed by atoms with Crippen molar-refractivity contribution in [2.45, 2.75) is 50.4 Å². The molecule has 0 spiro atoms. The van der Waals surface area contributed by atoms with Gasteiger partial charge in [0.25, 0.3) is 6.47 Å². The van der Waals surface area contributed by atoms with Crippen LogP contribution in [0.5, 0.6) is 0 Å². The Hall–Kier alpha value is -0.630. The van der Waals surface area contributed by atoms with Crippen molar-refractivity contribution in [2.24, 2.45) is 11.8 Å². The lowest BCUT2D eigenvalue weighted by atomic mass is 9.78. The molecular weight excluding hydrogens is 385 g/mol. The van der Waals surface area contributed by atoms with Crippen LogP contribution in [0.25, 0.3) is 0 Å². The molecule has 0 radical (unpaired) electrons. The van der Waals surface area contributed by atoms with E-state index in [-0.39, 0.29) is 11.8 Å². The van der Waals surface area contributed by atoms with E-state index in [1.807, 2.05) is 6.08 Å². The number of nitrogens with one attached hydrogen (secondary N) is 1. The smallest absolute Gasteiger partial charge is 0.293 e. The summed E-state index contributed by atoms with van der Waals surface area (Å²) < 4.78 is 6.09. The van der Waals surface area contributed by atoms with E-state index in [9.17, 15) is 14.7 Å². The Labute approximate surface area is 138 Å². The molecule has 0 unspecified atom stereocenters. The molecule has 0 aromatic heterocycles. The number of aliphatic hydroxyl groups excluding tert-OH is 1. The molecule has 2 rings (SSSR count). The Morgan fingerprint density at radius 3 is 3.00 bits per heavy atom. The minimum absolute atomic E-state index is 0.00280. The van der Waals surface area contributed by atoms with Gasteiger partial charge < -0.3 is 15.2 Å². The Bertz CT molecular complexity index is 428. The SMILES string of the molecule is C[C@@]1(OC=O)[C@@H]([C@@H](O)[C@@H]2C=CCCC2)NC(=O)[C@@H]1CCI. The zero-order chi connectivity index (χ0) is 15.5. The highest BCUT2D eigenvalue weighted by atomic mass is 127. The van der Waals surface area contributed by atoms with Crippen LogP contribution in [0.15, 0.2) is 12.2 Å². The van der Waals surface area contributed by atoms with E-state index in [1.165, 1.54) is 0 Å². The third-order valence-electron chi connectivity index (χ3n) is 4.70. The number of allylic oxidation sites excluding steroid dienone is 1. The van der Waals surface area contributed by atoms with Crippen molar-refractivity contribution in [3.8, 4) is 0 Å². The second-order valence-corrected chi connectivity index (χ2v) is 7.01. The lowest BCUT2D eigenvalue weighted by Crippen LogP contribution is -2.54. The third-order valence-corrected chi connectivity index (χ3v) is 5.32.